The van der Waals surface area contributed by atoms with Crippen molar-refractivity contribution < 1.29 is 57.1 Å². The molecule has 0 heterocycles. The number of hydrogen-bond acceptors (Lipinski definition) is 12. The normalized spacial score (nSPS) is 10.2. The first kappa shape index (κ1) is 48.7. The van der Waals surface area contributed by atoms with Crippen molar-refractivity contribution in [3.05, 3.63) is 145 Å². The van der Waals surface area contributed by atoms with Crippen molar-refractivity contribution in [2.24, 2.45) is 0 Å². The molecule has 0 N–H and O–H groups in total. The van der Waals surface area contributed by atoms with Crippen LogP contribution in [0.25, 0.3) is 0 Å². The zero-order valence-corrected chi connectivity index (χ0v) is 34.7. The lowest BCUT2D eigenvalue weighted by atomic mass is 10.1. The molecule has 324 valence electrons. The summed E-state index contributed by atoms with van der Waals surface area (Å²) in [5, 5.41) is 0. The maximum absolute atomic E-state index is 12.3. The van der Waals surface area contributed by atoms with Crippen molar-refractivity contribution in [1.82, 2.24) is 0 Å². The third-order valence-corrected chi connectivity index (χ3v) is 8.78. The number of carbonyl (C=O) groups is 5. The Bertz CT molecular complexity index is 1890. The van der Waals surface area contributed by atoms with Crippen LogP contribution < -0.4 is 18.9 Å². The van der Waals surface area contributed by atoms with E-state index in [1.807, 2.05) is 30.3 Å². The molecule has 0 saturated carbocycles. The quantitative estimate of drug-likeness (QED) is 0.0134. The lowest BCUT2D eigenvalue weighted by Crippen LogP contribution is -2.08. The van der Waals surface area contributed by atoms with E-state index in [0.29, 0.717) is 74.3 Å². The first-order valence-corrected chi connectivity index (χ1v) is 20.5. The predicted octanol–water partition coefficient (Wildman–Crippen LogP) is 9.64. The molecule has 0 aliphatic carbocycles. The van der Waals surface area contributed by atoms with E-state index in [9.17, 15) is 24.0 Å². The summed E-state index contributed by atoms with van der Waals surface area (Å²) in [6, 6.07) is 29.8. The number of carbonyl (C=O) groups excluding carboxylic acids is 5. The summed E-state index contributed by atoms with van der Waals surface area (Å²) in [6.07, 6.45) is 12.7. The van der Waals surface area contributed by atoms with Gasteiger partial charge in [-0.2, -0.15) is 0 Å². The van der Waals surface area contributed by atoms with Gasteiger partial charge in [-0.1, -0.05) is 82.0 Å². The zero-order valence-electron chi connectivity index (χ0n) is 34.7. The summed E-state index contributed by atoms with van der Waals surface area (Å²) >= 11 is 0. The highest BCUT2D eigenvalue weighted by Crippen LogP contribution is 2.19. The van der Waals surface area contributed by atoms with E-state index in [1.54, 1.807) is 72.8 Å². The number of benzene rings is 4. The van der Waals surface area contributed by atoms with Crippen molar-refractivity contribution in [2.75, 3.05) is 33.0 Å². The molecule has 0 spiro atoms. The number of rotatable bonds is 28. The summed E-state index contributed by atoms with van der Waals surface area (Å²) < 4.78 is 36.6. The minimum Gasteiger partial charge on any atom is -0.494 e. The number of esters is 4. The van der Waals surface area contributed by atoms with Gasteiger partial charge in [0.2, 0.25) is 0 Å². The van der Waals surface area contributed by atoms with E-state index in [0.717, 1.165) is 75.5 Å². The van der Waals surface area contributed by atoms with Crippen LogP contribution in [0.2, 0.25) is 0 Å². The number of unbranched alkanes of at least 4 members (excludes halogenated alkanes) is 8. The summed E-state index contributed by atoms with van der Waals surface area (Å²) in [5.41, 5.74) is 1.89. The molecule has 4 aromatic rings. The van der Waals surface area contributed by atoms with Gasteiger partial charge in [-0.3, -0.25) is 4.79 Å². The minimum atomic E-state index is -0.447. The highest BCUT2D eigenvalue weighted by atomic mass is 16.5. The lowest BCUT2D eigenvalue weighted by molar-refractivity contribution is -0.138. The van der Waals surface area contributed by atoms with Crippen LogP contribution in [0.4, 0.5) is 0 Å². The van der Waals surface area contributed by atoms with Crippen molar-refractivity contribution >= 4 is 30.3 Å². The van der Waals surface area contributed by atoms with Crippen LogP contribution in [0.1, 0.15) is 90.5 Å². The molecule has 0 saturated heterocycles. The van der Waals surface area contributed by atoms with Gasteiger partial charge >= 0.3 is 23.9 Å². The monoisotopic (exact) mass is 836 g/mol. The Hall–Kier alpha value is -6.69. The van der Waals surface area contributed by atoms with Crippen LogP contribution in [0.3, 0.4) is 0 Å². The number of hydrogen-bond donors (Lipinski definition) is 0. The van der Waals surface area contributed by atoms with Gasteiger partial charge in [-0.05, 0) is 104 Å². The van der Waals surface area contributed by atoms with Crippen LogP contribution in [0.15, 0.2) is 128 Å². The van der Waals surface area contributed by atoms with Gasteiger partial charge in [0.05, 0.1) is 44.2 Å². The second kappa shape index (κ2) is 30.4. The number of para-hydroxylation sites is 1. The highest BCUT2D eigenvalue weighted by Gasteiger charge is 2.10. The van der Waals surface area contributed by atoms with E-state index in [2.05, 4.69) is 17.9 Å². The topological polar surface area (TPSA) is 150 Å². The van der Waals surface area contributed by atoms with E-state index < -0.39 is 11.9 Å². The summed E-state index contributed by atoms with van der Waals surface area (Å²) in [6.45, 7) is 9.54. The largest absolute Gasteiger partial charge is 0.494 e. The average molecular weight is 837 g/mol. The highest BCUT2D eigenvalue weighted by molar-refractivity contribution is 5.91. The van der Waals surface area contributed by atoms with Gasteiger partial charge < -0.3 is 33.2 Å². The maximum atomic E-state index is 12.3. The number of ether oxygens (including phenoxy) is 7. The maximum Gasteiger partial charge on any atom is 0.343 e. The molecule has 0 radical (unpaired) electrons. The van der Waals surface area contributed by atoms with Gasteiger partial charge in [0, 0.05) is 18.6 Å². The molecular formula is C49H56O12. The second-order valence-electron chi connectivity index (χ2n) is 13.5. The van der Waals surface area contributed by atoms with E-state index in [4.69, 9.17) is 28.4 Å². The first-order valence-electron chi connectivity index (χ1n) is 20.5. The Morgan fingerprint density at radius 3 is 1.26 bits per heavy atom. The van der Waals surface area contributed by atoms with Crippen molar-refractivity contribution in [2.45, 2.75) is 70.6 Å². The molecule has 0 aromatic heterocycles. The molecule has 12 nitrogen and oxygen atoms in total. The van der Waals surface area contributed by atoms with Crippen molar-refractivity contribution in [3.63, 3.8) is 0 Å². The van der Waals surface area contributed by atoms with Crippen LogP contribution in [0, 0.1) is 0 Å². The molecular weight excluding hydrogens is 781 g/mol. The van der Waals surface area contributed by atoms with Gasteiger partial charge in [0.25, 0.3) is 6.47 Å². The van der Waals surface area contributed by atoms with Gasteiger partial charge in [-0.25, -0.2) is 19.2 Å². The molecule has 0 atom stereocenters. The van der Waals surface area contributed by atoms with Gasteiger partial charge in [0.15, 0.2) is 0 Å². The van der Waals surface area contributed by atoms with Crippen molar-refractivity contribution in [1.29, 1.82) is 0 Å². The predicted molar refractivity (Wildman–Crippen MR) is 231 cm³/mol. The zero-order chi connectivity index (χ0) is 43.8. The second-order valence-corrected chi connectivity index (χ2v) is 13.5. The summed E-state index contributed by atoms with van der Waals surface area (Å²) in [4.78, 5) is 56.4. The summed E-state index contributed by atoms with van der Waals surface area (Å²) in [7, 11) is 0. The Kier molecular flexibility index (Phi) is 24.2. The van der Waals surface area contributed by atoms with Crippen LogP contribution >= 0.6 is 0 Å². The van der Waals surface area contributed by atoms with Crippen LogP contribution in [-0.2, 0) is 35.0 Å². The summed E-state index contributed by atoms with van der Waals surface area (Å²) in [5.74, 6) is 0.806. The van der Waals surface area contributed by atoms with Crippen LogP contribution in [-0.4, -0.2) is 63.4 Å². The first-order chi connectivity index (χ1) is 29.8. The molecule has 0 aliphatic heterocycles. The molecule has 0 bridgehead atoms. The third kappa shape index (κ3) is 21.8. The molecule has 12 heteroatoms. The molecule has 4 rings (SSSR count). The average Bonchev–Trinajstić information content (AvgIpc) is 3.29. The Morgan fingerprint density at radius 1 is 0.443 bits per heavy atom. The fraction of sp³-hybridized carbons (Fsp3) is 0.327. The molecule has 0 aliphatic rings. The van der Waals surface area contributed by atoms with Gasteiger partial charge in [-0.15, -0.1) is 0 Å². The fourth-order valence-corrected chi connectivity index (χ4v) is 5.46. The Balaban J connectivity index is 0.000000330. The Labute approximate surface area is 358 Å². The lowest BCUT2D eigenvalue weighted by Gasteiger charge is -2.08. The molecule has 0 fully saturated rings. The van der Waals surface area contributed by atoms with E-state index in [1.165, 1.54) is 12.2 Å². The van der Waals surface area contributed by atoms with Crippen molar-refractivity contribution in [3.8, 4) is 23.0 Å². The third-order valence-electron chi connectivity index (χ3n) is 8.78. The molecule has 0 unspecified atom stereocenters. The SMILES string of the molecule is C=CC(=O)OCCCCCCCOc1ccc(C(=O)Oc2ccc(CCOC=O)cc2)cc1.C=CC(=O)OCCCCCCCOc1ccc(C(=O)Oc2ccccc2)cc1. The molecule has 0 amide bonds. The van der Waals surface area contributed by atoms with E-state index in [-0.39, 0.29) is 11.9 Å². The molecule has 4 aromatic carbocycles. The van der Waals surface area contributed by atoms with E-state index >= 15 is 0 Å². The Morgan fingerprint density at radius 2 is 0.836 bits per heavy atom. The van der Waals surface area contributed by atoms with Gasteiger partial charge in [0.1, 0.15) is 23.0 Å². The molecule has 61 heavy (non-hydrogen) atoms. The standard InChI is InChI=1S/C26H30O7.C23H26O5/c1-2-25(28)32-18-7-5-3-4-6-17-31-23-14-10-22(11-15-23)26(29)33-24-12-8-21(9-13-24)16-19-30-20-27;1-2-22(24)27-18-10-5-3-4-9-17-26-20-15-13-19(14-16-20)23(25)28-21-11-7-6-8-12-21/h2,8-15,20H,1,3-7,16-19H2;2,6-8,11-16H,1,3-5,9-10,17-18H2. The smallest absolute Gasteiger partial charge is 0.343 e. The fourth-order valence-electron chi connectivity index (χ4n) is 5.46. The minimum absolute atomic E-state index is 0.312. The van der Waals surface area contributed by atoms with Crippen LogP contribution in [0.5, 0.6) is 23.0 Å².